The van der Waals surface area contributed by atoms with Crippen LogP contribution in [0.1, 0.15) is 45.7 Å². The van der Waals surface area contributed by atoms with Crippen molar-refractivity contribution in [3.8, 4) is 0 Å². The van der Waals surface area contributed by atoms with Crippen LogP contribution in [0.4, 0.5) is 4.79 Å². The van der Waals surface area contributed by atoms with Crippen LogP contribution in [0.3, 0.4) is 0 Å². The molecule has 0 radical (unpaired) electrons. The lowest BCUT2D eigenvalue weighted by atomic mass is 9.85. The summed E-state index contributed by atoms with van der Waals surface area (Å²) in [6, 6.07) is 19.4. The molecule has 0 atom stereocenters. The van der Waals surface area contributed by atoms with E-state index in [2.05, 4.69) is 0 Å². The summed E-state index contributed by atoms with van der Waals surface area (Å²) in [4.78, 5) is 14.9. The highest BCUT2D eigenvalue weighted by Crippen LogP contribution is 2.39. The fraction of sp³-hybridized carbons (Fsp3) is 0.320. The van der Waals surface area contributed by atoms with Crippen LogP contribution in [0.15, 0.2) is 72.8 Å². The van der Waals surface area contributed by atoms with E-state index in [0.29, 0.717) is 11.4 Å². The zero-order chi connectivity index (χ0) is 21.2. The lowest BCUT2D eigenvalue weighted by molar-refractivity contribution is 0.0394. The third-order valence-electron chi connectivity index (χ3n) is 4.69. The van der Waals surface area contributed by atoms with E-state index in [1.807, 2.05) is 93.6 Å². The molecule has 2 aromatic carbocycles. The van der Waals surface area contributed by atoms with E-state index < -0.39 is 17.3 Å². The number of carbonyl (C=O) groups is 1. The molecule has 29 heavy (non-hydrogen) atoms. The van der Waals surface area contributed by atoms with E-state index >= 15 is 0 Å². The molecule has 4 nitrogen and oxygen atoms in total. The minimum Gasteiger partial charge on any atom is -0.443 e. The Kier molecular flexibility index (Phi) is 5.67. The SMILES string of the molecule is CC(C)(C)OC(=O)N1C(c2ccccc2)=CC(C(C)(C)O)C=C1c1ccccc1. The highest BCUT2D eigenvalue weighted by Gasteiger charge is 2.36. The molecule has 1 N–H and O–H groups in total. The van der Waals surface area contributed by atoms with Crippen molar-refractivity contribution in [3.63, 3.8) is 0 Å². The Labute approximate surface area is 173 Å². The van der Waals surface area contributed by atoms with Gasteiger partial charge in [-0.1, -0.05) is 60.7 Å². The average molecular weight is 392 g/mol. The van der Waals surface area contributed by atoms with Crippen molar-refractivity contribution >= 4 is 17.5 Å². The maximum atomic E-state index is 13.3. The van der Waals surface area contributed by atoms with Gasteiger partial charge in [0.1, 0.15) is 5.60 Å². The number of nitrogens with zero attached hydrogens (tertiary/aromatic N) is 1. The Bertz CT molecular complexity index is 859. The van der Waals surface area contributed by atoms with Gasteiger partial charge < -0.3 is 9.84 Å². The van der Waals surface area contributed by atoms with Gasteiger partial charge in [0.05, 0.1) is 17.0 Å². The topological polar surface area (TPSA) is 49.8 Å². The van der Waals surface area contributed by atoms with Crippen LogP contribution in [0, 0.1) is 5.92 Å². The Hall–Kier alpha value is -2.85. The summed E-state index contributed by atoms with van der Waals surface area (Å²) in [6.45, 7) is 9.11. The molecular weight excluding hydrogens is 362 g/mol. The van der Waals surface area contributed by atoms with Gasteiger partial charge in [-0.2, -0.15) is 0 Å². The summed E-state index contributed by atoms with van der Waals surface area (Å²) in [5, 5.41) is 10.8. The maximum Gasteiger partial charge on any atom is 0.419 e. The predicted molar refractivity (Wildman–Crippen MR) is 117 cm³/mol. The van der Waals surface area contributed by atoms with Crippen LogP contribution in [-0.4, -0.2) is 27.3 Å². The molecule has 4 heteroatoms. The van der Waals surface area contributed by atoms with E-state index in [0.717, 1.165) is 11.1 Å². The van der Waals surface area contributed by atoms with Crippen molar-refractivity contribution in [1.82, 2.24) is 4.90 Å². The van der Waals surface area contributed by atoms with Crippen molar-refractivity contribution in [1.29, 1.82) is 0 Å². The van der Waals surface area contributed by atoms with Crippen LogP contribution < -0.4 is 0 Å². The third-order valence-corrected chi connectivity index (χ3v) is 4.69. The third kappa shape index (κ3) is 4.96. The van der Waals surface area contributed by atoms with Gasteiger partial charge in [-0.15, -0.1) is 0 Å². The zero-order valence-corrected chi connectivity index (χ0v) is 17.7. The first kappa shape index (κ1) is 20.9. The van der Waals surface area contributed by atoms with Gasteiger partial charge in [0, 0.05) is 5.92 Å². The summed E-state index contributed by atoms with van der Waals surface area (Å²) >= 11 is 0. The number of aliphatic hydroxyl groups is 1. The van der Waals surface area contributed by atoms with Crippen LogP contribution in [0.5, 0.6) is 0 Å². The molecule has 0 bridgehead atoms. The first-order chi connectivity index (χ1) is 13.6. The molecule has 1 aliphatic rings. The second kappa shape index (κ2) is 7.88. The quantitative estimate of drug-likeness (QED) is 0.729. The molecule has 1 heterocycles. The Morgan fingerprint density at radius 3 is 1.59 bits per heavy atom. The highest BCUT2D eigenvalue weighted by molar-refractivity contribution is 5.95. The van der Waals surface area contributed by atoms with Gasteiger partial charge >= 0.3 is 6.09 Å². The van der Waals surface area contributed by atoms with Crippen LogP contribution >= 0.6 is 0 Å². The van der Waals surface area contributed by atoms with E-state index in [-0.39, 0.29) is 5.92 Å². The smallest absolute Gasteiger partial charge is 0.419 e. The van der Waals surface area contributed by atoms with Crippen molar-refractivity contribution in [2.45, 2.75) is 45.8 Å². The van der Waals surface area contributed by atoms with Gasteiger partial charge in [0.25, 0.3) is 0 Å². The second-order valence-corrected chi connectivity index (χ2v) is 8.83. The molecular formula is C25H29NO3. The largest absolute Gasteiger partial charge is 0.443 e. The number of benzene rings is 2. The molecule has 152 valence electrons. The van der Waals surface area contributed by atoms with Gasteiger partial charge in [0.2, 0.25) is 0 Å². The molecule has 1 aliphatic heterocycles. The van der Waals surface area contributed by atoms with Gasteiger partial charge in [-0.25, -0.2) is 9.69 Å². The Morgan fingerprint density at radius 2 is 1.24 bits per heavy atom. The average Bonchev–Trinajstić information content (AvgIpc) is 2.66. The molecule has 1 amide bonds. The molecule has 0 aromatic heterocycles. The molecule has 0 saturated carbocycles. The van der Waals surface area contributed by atoms with Crippen molar-refractivity contribution in [3.05, 3.63) is 83.9 Å². The molecule has 0 spiro atoms. The van der Waals surface area contributed by atoms with E-state index in [1.165, 1.54) is 0 Å². The molecule has 0 aliphatic carbocycles. The molecule has 0 fully saturated rings. The number of hydrogen-bond donors (Lipinski definition) is 1. The number of carbonyl (C=O) groups excluding carboxylic acids is 1. The molecule has 0 unspecified atom stereocenters. The zero-order valence-electron chi connectivity index (χ0n) is 17.7. The van der Waals surface area contributed by atoms with Crippen LogP contribution in [0.2, 0.25) is 0 Å². The maximum absolute atomic E-state index is 13.3. The summed E-state index contributed by atoms with van der Waals surface area (Å²) in [5.74, 6) is -0.272. The van der Waals surface area contributed by atoms with Gasteiger partial charge in [-0.3, -0.25) is 0 Å². The fourth-order valence-corrected chi connectivity index (χ4v) is 3.25. The van der Waals surface area contributed by atoms with Crippen molar-refractivity contribution < 1.29 is 14.6 Å². The summed E-state index contributed by atoms with van der Waals surface area (Å²) in [5.41, 5.74) is 1.55. The lowest BCUT2D eigenvalue weighted by Gasteiger charge is -2.37. The highest BCUT2D eigenvalue weighted by atomic mass is 16.6. The summed E-state index contributed by atoms with van der Waals surface area (Å²) in [6.07, 6.45) is 3.43. The minimum atomic E-state index is -0.986. The summed E-state index contributed by atoms with van der Waals surface area (Å²) < 4.78 is 5.74. The Morgan fingerprint density at radius 1 is 0.828 bits per heavy atom. The number of rotatable bonds is 3. The lowest BCUT2D eigenvalue weighted by Crippen LogP contribution is -2.39. The number of ether oxygens (including phenoxy) is 1. The second-order valence-electron chi connectivity index (χ2n) is 8.83. The van der Waals surface area contributed by atoms with E-state index in [9.17, 15) is 9.90 Å². The Balaban J connectivity index is 2.19. The number of hydrogen-bond acceptors (Lipinski definition) is 3. The molecule has 2 aromatic rings. The number of amides is 1. The van der Waals surface area contributed by atoms with E-state index in [1.54, 1.807) is 18.7 Å². The first-order valence-corrected chi connectivity index (χ1v) is 9.86. The first-order valence-electron chi connectivity index (χ1n) is 9.86. The minimum absolute atomic E-state index is 0.272. The van der Waals surface area contributed by atoms with Gasteiger partial charge in [0.15, 0.2) is 0 Å². The molecule has 3 rings (SSSR count). The monoisotopic (exact) mass is 391 g/mol. The molecule has 0 saturated heterocycles. The predicted octanol–water partition coefficient (Wildman–Crippen LogP) is 5.71. The van der Waals surface area contributed by atoms with E-state index in [4.69, 9.17) is 4.74 Å². The van der Waals surface area contributed by atoms with Crippen LogP contribution in [-0.2, 0) is 4.74 Å². The summed E-state index contributed by atoms with van der Waals surface area (Å²) in [7, 11) is 0. The van der Waals surface area contributed by atoms with Gasteiger partial charge in [-0.05, 0) is 57.9 Å². The van der Waals surface area contributed by atoms with Crippen molar-refractivity contribution in [2.75, 3.05) is 0 Å². The normalized spacial score (nSPS) is 15.6. The standard InChI is InChI=1S/C25H29NO3/c1-24(2,3)29-23(27)26-21(18-12-8-6-9-13-18)16-20(25(4,5)28)17-22(26)19-14-10-7-11-15-19/h6-17,20,28H,1-5H3. The van der Waals surface area contributed by atoms with Crippen molar-refractivity contribution in [2.24, 2.45) is 5.92 Å². The van der Waals surface area contributed by atoms with Crippen LogP contribution in [0.25, 0.3) is 11.4 Å². The fourth-order valence-electron chi connectivity index (χ4n) is 3.25.